The van der Waals surface area contributed by atoms with Gasteiger partial charge < -0.3 is 16.0 Å². The maximum Gasteiger partial charge on any atom is 0.257 e. The zero-order valence-corrected chi connectivity index (χ0v) is 19.4. The Labute approximate surface area is 198 Å². The van der Waals surface area contributed by atoms with E-state index in [0.717, 1.165) is 22.5 Å². The Bertz CT molecular complexity index is 1290. The van der Waals surface area contributed by atoms with Crippen molar-refractivity contribution >= 4 is 46.3 Å². The molecule has 0 saturated carbocycles. The summed E-state index contributed by atoms with van der Waals surface area (Å²) in [6.07, 6.45) is 0. The lowest BCUT2D eigenvalue weighted by Gasteiger charge is -2.17. The van der Waals surface area contributed by atoms with Gasteiger partial charge in [0.05, 0.1) is 16.3 Å². The van der Waals surface area contributed by atoms with Crippen LogP contribution in [0, 0.1) is 20.8 Å². The highest BCUT2D eigenvalue weighted by molar-refractivity contribution is 6.34. The quantitative estimate of drug-likeness (QED) is 0.297. The summed E-state index contributed by atoms with van der Waals surface area (Å²) in [5.41, 5.74) is 5.49. The topological polar surface area (TPSA) is 78.9 Å². The number of anilines is 5. The van der Waals surface area contributed by atoms with Gasteiger partial charge >= 0.3 is 0 Å². The summed E-state index contributed by atoms with van der Waals surface area (Å²) in [7, 11) is 0. The van der Waals surface area contributed by atoms with E-state index in [0.29, 0.717) is 33.7 Å². The van der Waals surface area contributed by atoms with E-state index in [-0.39, 0.29) is 5.91 Å². The van der Waals surface area contributed by atoms with E-state index in [1.807, 2.05) is 69.3 Å². The van der Waals surface area contributed by atoms with Crippen molar-refractivity contribution in [1.29, 1.82) is 0 Å². The van der Waals surface area contributed by atoms with Gasteiger partial charge in [-0.25, -0.2) is 4.98 Å². The van der Waals surface area contributed by atoms with Gasteiger partial charge in [0.2, 0.25) is 5.95 Å². The Hall–Kier alpha value is -3.90. The van der Waals surface area contributed by atoms with E-state index in [2.05, 4.69) is 25.9 Å². The molecule has 33 heavy (non-hydrogen) atoms. The lowest BCUT2D eigenvalue weighted by molar-refractivity contribution is 0.102. The molecular weight excluding hydrogens is 434 g/mol. The summed E-state index contributed by atoms with van der Waals surface area (Å²) in [6, 6.07) is 22.8. The predicted octanol–water partition coefficient (Wildman–Crippen LogP) is 6.79. The van der Waals surface area contributed by atoms with Crippen molar-refractivity contribution in [2.75, 3.05) is 16.0 Å². The average Bonchev–Trinajstić information content (AvgIpc) is 2.79. The molecule has 0 aliphatic rings. The number of rotatable bonds is 6. The van der Waals surface area contributed by atoms with Crippen LogP contribution < -0.4 is 16.0 Å². The molecule has 4 rings (SSSR count). The molecule has 4 aromatic rings. The molecule has 0 saturated heterocycles. The summed E-state index contributed by atoms with van der Waals surface area (Å²) in [5, 5.41) is 9.84. The molecule has 0 aliphatic carbocycles. The first-order chi connectivity index (χ1) is 15.9. The molecule has 0 atom stereocenters. The zero-order valence-electron chi connectivity index (χ0n) is 18.6. The lowest BCUT2D eigenvalue weighted by Crippen LogP contribution is -2.16. The number of hydrogen-bond donors (Lipinski definition) is 3. The van der Waals surface area contributed by atoms with E-state index in [4.69, 9.17) is 11.6 Å². The fraction of sp³-hybridized carbons (Fsp3) is 0.115. The normalized spacial score (nSPS) is 10.5. The zero-order chi connectivity index (χ0) is 23.4. The summed E-state index contributed by atoms with van der Waals surface area (Å²) in [4.78, 5) is 22.2. The second-order valence-electron chi connectivity index (χ2n) is 7.77. The molecule has 3 aromatic carbocycles. The van der Waals surface area contributed by atoms with Crippen molar-refractivity contribution in [3.63, 3.8) is 0 Å². The van der Waals surface area contributed by atoms with E-state index in [1.54, 1.807) is 24.3 Å². The smallest absolute Gasteiger partial charge is 0.257 e. The monoisotopic (exact) mass is 457 g/mol. The number of halogens is 1. The van der Waals surface area contributed by atoms with Crippen LogP contribution >= 0.6 is 11.6 Å². The molecule has 6 nitrogen and oxygen atoms in total. The number of amides is 1. The SMILES string of the molecule is Cc1ccc(Nc2nc(C)c(NC(=O)c3ccccc3Cl)c(Nc3ccc(C)cc3)n2)cc1. The molecule has 0 aliphatic heterocycles. The van der Waals surface area contributed by atoms with Gasteiger partial charge in [-0.15, -0.1) is 0 Å². The molecule has 166 valence electrons. The lowest BCUT2D eigenvalue weighted by atomic mass is 10.2. The first kappa shape index (κ1) is 22.3. The number of carbonyl (C=O) groups is 1. The molecule has 3 N–H and O–H groups in total. The van der Waals surface area contributed by atoms with Crippen LogP contribution in [0.15, 0.2) is 72.8 Å². The van der Waals surface area contributed by atoms with Crippen molar-refractivity contribution in [2.24, 2.45) is 0 Å². The molecular formula is C26H24ClN5O. The summed E-state index contributed by atoms with van der Waals surface area (Å²) >= 11 is 6.22. The summed E-state index contributed by atoms with van der Waals surface area (Å²) in [6.45, 7) is 5.88. The molecule has 0 radical (unpaired) electrons. The molecule has 0 unspecified atom stereocenters. The number of hydrogen-bond acceptors (Lipinski definition) is 5. The van der Waals surface area contributed by atoms with Gasteiger partial charge in [-0.3, -0.25) is 4.79 Å². The maximum atomic E-state index is 12.9. The average molecular weight is 458 g/mol. The maximum absolute atomic E-state index is 12.9. The Morgan fingerprint density at radius 1 is 0.758 bits per heavy atom. The Morgan fingerprint density at radius 2 is 1.33 bits per heavy atom. The summed E-state index contributed by atoms with van der Waals surface area (Å²) < 4.78 is 0. The number of aromatic nitrogens is 2. The second kappa shape index (κ2) is 9.71. The summed E-state index contributed by atoms with van der Waals surface area (Å²) in [5.74, 6) is 0.557. The van der Waals surface area contributed by atoms with Crippen molar-refractivity contribution in [2.45, 2.75) is 20.8 Å². The van der Waals surface area contributed by atoms with Gasteiger partial charge in [0.25, 0.3) is 5.91 Å². The van der Waals surface area contributed by atoms with Gasteiger partial charge in [0.15, 0.2) is 5.82 Å². The molecule has 0 bridgehead atoms. The van der Waals surface area contributed by atoms with E-state index in [1.165, 1.54) is 0 Å². The number of nitrogens with zero attached hydrogens (tertiary/aromatic N) is 2. The number of nitrogens with one attached hydrogen (secondary N) is 3. The van der Waals surface area contributed by atoms with Gasteiger partial charge in [-0.2, -0.15) is 4.98 Å². The third-order valence-electron chi connectivity index (χ3n) is 5.07. The van der Waals surface area contributed by atoms with Crippen molar-refractivity contribution in [3.05, 3.63) is 100 Å². The number of aryl methyl sites for hydroxylation is 3. The molecule has 1 aromatic heterocycles. The largest absolute Gasteiger partial charge is 0.338 e. The number of carbonyl (C=O) groups excluding carboxylic acids is 1. The van der Waals surface area contributed by atoms with Crippen LogP contribution in [0.3, 0.4) is 0 Å². The van der Waals surface area contributed by atoms with Crippen LogP contribution in [0.1, 0.15) is 27.2 Å². The molecule has 1 amide bonds. The first-order valence-corrected chi connectivity index (χ1v) is 10.9. The third kappa shape index (κ3) is 5.48. The van der Waals surface area contributed by atoms with Crippen LogP contribution in [0.4, 0.5) is 28.8 Å². The van der Waals surface area contributed by atoms with Gasteiger partial charge in [-0.1, -0.05) is 59.1 Å². The van der Waals surface area contributed by atoms with Gasteiger partial charge in [-0.05, 0) is 57.2 Å². The molecule has 0 fully saturated rings. The highest BCUT2D eigenvalue weighted by Crippen LogP contribution is 2.30. The first-order valence-electron chi connectivity index (χ1n) is 10.5. The van der Waals surface area contributed by atoms with E-state index < -0.39 is 0 Å². The van der Waals surface area contributed by atoms with Crippen LogP contribution in [0.2, 0.25) is 5.02 Å². The minimum atomic E-state index is -0.335. The highest BCUT2D eigenvalue weighted by atomic mass is 35.5. The fourth-order valence-electron chi connectivity index (χ4n) is 3.23. The van der Waals surface area contributed by atoms with Crippen LogP contribution in [0.25, 0.3) is 0 Å². The fourth-order valence-corrected chi connectivity index (χ4v) is 3.46. The molecule has 1 heterocycles. The molecule has 0 spiro atoms. The van der Waals surface area contributed by atoms with Crippen molar-refractivity contribution in [3.8, 4) is 0 Å². The highest BCUT2D eigenvalue weighted by Gasteiger charge is 2.17. The van der Waals surface area contributed by atoms with Crippen LogP contribution in [-0.4, -0.2) is 15.9 Å². The van der Waals surface area contributed by atoms with Gasteiger partial charge in [0, 0.05) is 11.4 Å². The van der Waals surface area contributed by atoms with E-state index in [9.17, 15) is 4.79 Å². The Balaban J connectivity index is 1.70. The van der Waals surface area contributed by atoms with Crippen LogP contribution in [0.5, 0.6) is 0 Å². The Morgan fingerprint density at radius 3 is 1.94 bits per heavy atom. The molecule has 7 heteroatoms. The Kier molecular flexibility index (Phi) is 6.56. The van der Waals surface area contributed by atoms with E-state index >= 15 is 0 Å². The van der Waals surface area contributed by atoms with Crippen LogP contribution in [-0.2, 0) is 0 Å². The minimum Gasteiger partial charge on any atom is -0.338 e. The van der Waals surface area contributed by atoms with Crippen molar-refractivity contribution < 1.29 is 4.79 Å². The third-order valence-corrected chi connectivity index (χ3v) is 5.40. The van der Waals surface area contributed by atoms with Gasteiger partial charge in [0.1, 0.15) is 5.69 Å². The minimum absolute atomic E-state index is 0.335. The van der Waals surface area contributed by atoms with Crippen molar-refractivity contribution in [1.82, 2.24) is 9.97 Å². The standard InChI is InChI=1S/C26H24ClN5O/c1-16-8-12-19(13-9-16)29-24-23(31-25(33)21-6-4-5-7-22(21)27)18(3)28-26(32-24)30-20-14-10-17(2)11-15-20/h4-15H,1-3H3,(H,31,33)(H2,28,29,30,32). The predicted molar refractivity (Wildman–Crippen MR) is 135 cm³/mol. The number of benzene rings is 3. The second-order valence-corrected chi connectivity index (χ2v) is 8.18.